The highest BCUT2D eigenvalue weighted by molar-refractivity contribution is 5.81. The third-order valence-corrected chi connectivity index (χ3v) is 3.65. The van der Waals surface area contributed by atoms with Gasteiger partial charge in [0.15, 0.2) is 0 Å². The largest absolute Gasteiger partial charge is 0.481 e. The number of anilines is 1. The van der Waals surface area contributed by atoms with E-state index in [1.54, 1.807) is 0 Å². The van der Waals surface area contributed by atoms with Crippen LogP contribution < -0.4 is 5.32 Å². The lowest BCUT2D eigenvalue weighted by atomic mass is 9.93. The van der Waals surface area contributed by atoms with Crippen LogP contribution in [0.4, 0.5) is 5.69 Å². The molecule has 0 radical (unpaired) electrons. The number of rotatable bonds is 5. The summed E-state index contributed by atoms with van der Waals surface area (Å²) in [4.78, 5) is 24.5. The average molecular weight is 276 g/mol. The molecule has 0 atom stereocenters. The van der Waals surface area contributed by atoms with Crippen LogP contribution in [0.5, 0.6) is 0 Å². The molecule has 1 heterocycles. The normalized spacial score (nSPS) is 15.9. The molecule has 0 unspecified atom stereocenters. The Labute approximate surface area is 118 Å². The molecule has 5 nitrogen and oxygen atoms in total. The Morgan fingerprint density at radius 1 is 1.20 bits per heavy atom. The van der Waals surface area contributed by atoms with Crippen molar-refractivity contribution in [2.75, 3.05) is 25.0 Å². The molecule has 0 saturated carbocycles. The molecule has 0 spiro atoms. The van der Waals surface area contributed by atoms with Crippen LogP contribution in [0, 0.1) is 5.92 Å². The Morgan fingerprint density at radius 3 is 2.45 bits per heavy atom. The third kappa shape index (κ3) is 4.26. The van der Waals surface area contributed by atoms with Gasteiger partial charge in [0.05, 0.1) is 6.54 Å². The predicted molar refractivity (Wildman–Crippen MR) is 76.5 cm³/mol. The molecule has 1 aromatic rings. The first kappa shape index (κ1) is 14.4. The Bertz CT molecular complexity index is 453. The summed E-state index contributed by atoms with van der Waals surface area (Å²) in [6.07, 6.45) is 1.77. The van der Waals surface area contributed by atoms with Gasteiger partial charge in [0, 0.05) is 25.2 Å². The van der Waals surface area contributed by atoms with E-state index < -0.39 is 5.97 Å². The van der Waals surface area contributed by atoms with Gasteiger partial charge < -0.3 is 15.3 Å². The standard InChI is InChI=1S/C15H20N2O3/c18-14(11-16-13-4-2-1-3-5-13)17-8-6-12(7-9-17)10-15(19)20/h1-5,12,16H,6-11H2,(H,19,20). The summed E-state index contributed by atoms with van der Waals surface area (Å²) >= 11 is 0. The first-order valence-corrected chi connectivity index (χ1v) is 6.93. The maximum atomic E-state index is 12.0. The Morgan fingerprint density at radius 2 is 1.85 bits per heavy atom. The van der Waals surface area contributed by atoms with E-state index in [0.29, 0.717) is 13.1 Å². The third-order valence-electron chi connectivity index (χ3n) is 3.65. The van der Waals surface area contributed by atoms with E-state index in [2.05, 4.69) is 5.32 Å². The SMILES string of the molecule is O=C(O)CC1CCN(C(=O)CNc2ccccc2)CC1. The second-order valence-corrected chi connectivity index (χ2v) is 5.14. The summed E-state index contributed by atoms with van der Waals surface area (Å²) in [5.74, 6) is -0.471. The van der Waals surface area contributed by atoms with E-state index >= 15 is 0 Å². The highest BCUT2D eigenvalue weighted by Gasteiger charge is 2.23. The van der Waals surface area contributed by atoms with Crippen LogP contribution in [-0.4, -0.2) is 41.5 Å². The Hall–Kier alpha value is -2.04. The number of amides is 1. The number of para-hydroxylation sites is 1. The Balaban J connectivity index is 1.73. The average Bonchev–Trinajstić information content (AvgIpc) is 2.46. The summed E-state index contributed by atoms with van der Waals surface area (Å²) in [6.45, 7) is 1.61. The number of carbonyl (C=O) groups is 2. The number of likely N-dealkylation sites (tertiary alicyclic amines) is 1. The van der Waals surface area contributed by atoms with Crippen molar-refractivity contribution in [3.05, 3.63) is 30.3 Å². The second-order valence-electron chi connectivity index (χ2n) is 5.14. The van der Waals surface area contributed by atoms with Crippen molar-refractivity contribution in [2.45, 2.75) is 19.3 Å². The van der Waals surface area contributed by atoms with E-state index in [0.717, 1.165) is 18.5 Å². The van der Waals surface area contributed by atoms with Crippen molar-refractivity contribution in [1.29, 1.82) is 0 Å². The fraction of sp³-hybridized carbons (Fsp3) is 0.467. The van der Waals surface area contributed by atoms with Gasteiger partial charge in [-0.05, 0) is 30.9 Å². The lowest BCUT2D eigenvalue weighted by molar-refractivity contribution is -0.138. The predicted octanol–water partition coefficient (Wildman–Crippen LogP) is 1.81. The molecule has 108 valence electrons. The minimum atomic E-state index is -0.750. The van der Waals surface area contributed by atoms with Gasteiger partial charge in [0.25, 0.3) is 0 Å². The van der Waals surface area contributed by atoms with E-state index in [1.807, 2.05) is 35.2 Å². The number of carboxylic acid groups (broad SMARTS) is 1. The van der Waals surface area contributed by atoms with Crippen LogP contribution in [0.2, 0.25) is 0 Å². The zero-order chi connectivity index (χ0) is 14.4. The molecule has 1 aromatic carbocycles. The fourth-order valence-electron chi connectivity index (χ4n) is 2.48. The van der Waals surface area contributed by atoms with E-state index in [-0.39, 0.29) is 24.8 Å². The number of benzene rings is 1. The number of carboxylic acids is 1. The van der Waals surface area contributed by atoms with Crippen molar-refractivity contribution >= 4 is 17.6 Å². The van der Waals surface area contributed by atoms with E-state index in [4.69, 9.17) is 5.11 Å². The molecule has 5 heteroatoms. The van der Waals surface area contributed by atoms with Gasteiger partial charge in [-0.2, -0.15) is 0 Å². The van der Waals surface area contributed by atoms with Gasteiger partial charge in [-0.1, -0.05) is 18.2 Å². The molecule has 2 N–H and O–H groups in total. The molecule has 20 heavy (non-hydrogen) atoms. The molecule has 2 rings (SSSR count). The molecule has 0 aliphatic carbocycles. The number of carbonyl (C=O) groups excluding carboxylic acids is 1. The smallest absolute Gasteiger partial charge is 0.303 e. The Kier molecular flexibility index (Phi) is 4.98. The molecular formula is C15H20N2O3. The number of nitrogens with one attached hydrogen (secondary N) is 1. The number of hydrogen-bond donors (Lipinski definition) is 2. The number of aliphatic carboxylic acids is 1. The minimum absolute atomic E-state index is 0.0719. The van der Waals surface area contributed by atoms with Gasteiger partial charge in [-0.15, -0.1) is 0 Å². The van der Waals surface area contributed by atoms with Crippen molar-refractivity contribution < 1.29 is 14.7 Å². The number of hydrogen-bond acceptors (Lipinski definition) is 3. The quantitative estimate of drug-likeness (QED) is 0.860. The van der Waals surface area contributed by atoms with Crippen molar-refractivity contribution in [2.24, 2.45) is 5.92 Å². The highest BCUT2D eigenvalue weighted by atomic mass is 16.4. The van der Waals surface area contributed by atoms with E-state index in [1.165, 1.54) is 0 Å². The maximum Gasteiger partial charge on any atom is 0.303 e. The summed E-state index contributed by atoms with van der Waals surface area (Å²) in [6, 6.07) is 9.62. The first-order valence-electron chi connectivity index (χ1n) is 6.93. The molecule has 1 fully saturated rings. The summed E-state index contributed by atoms with van der Waals surface area (Å²) in [5, 5.41) is 11.9. The summed E-state index contributed by atoms with van der Waals surface area (Å²) < 4.78 is 0. The summed E-state index contributed by atoms with van der Waals surface area (Å²) in [5.41, 5.74) is 0.932. The van der Waals surface area contributed by atoms with Gasteiger partial charge in [-0.3, -0.25) is 9.59 Å². The first-order chi connectivity index (χ1) is 9.65. The van der Waals surface area contributed by atoms with Crippen LogP contribution in [0.3, 0.4) is 0 Å². The van der Waals surface area contributed by atoms with Crippen molar-refractivity contribution in [3.63, 3.8) is 0 Å². The molecular weight excluding hydrogens is 256 g/mol. The van der Waals surface area contributed by atoms with Crippen LogP contribution in [-0.2, 0) is 9.59 Å². The highest BCUT2D eigenvalue weighted by Crippen LogP contribution is 2.20. The lowest BCUT2D eigenvalue weighted by Gasteiger charge is -2.31. The molecule has 1 saturated heterocycles. The van der Waals surface area contributed by atoms with Crippen LogP contribution in [0.25, 0.3) is 0 Å². The number of piperidine rings is 1. The van der Waals surface area contributed by atoms with Crippen molar-refractivity contribution in [3.8, 4) is 0 Å². The molecule has 1 amide bonds. The van der Waals surface area contributed by atoms with Gasteiger partial charge in [-0.25, -0.2) is 0 Å². The molecule has 1 aliphatic rings. The fourth-order valence-corrected chi connectivity index (χ4v) is 2.48. The molecule has 0 aromatic heterocycles. The van der Waals surface area contributed by atoms with Crippen LogP contribution in [0.15, 0.2) is 30.3 Å². The minimum Gasteiger partial charge on any atom is -0.481 e. The topological polar surface area (TPSA) is 69.6 Å². The summed E-state index contributed by atoms with van der Waals surface area (Å²) in [7, 11) is 0. The van der Waals surface area contributed by atoms with Gasteiger partial charge in [0.1, 0.15) is 0 Å². The van der Waals surface area contributed by atoms with Crippen LogP contribution >= 0.6 is 0 Å². The molecule has 0 bridgehead atoms. The monoisotopic (exact) mass is 276 g/mol. The lowest BCUT2D eigenvalue weighted by Crippen LogP contribution is -2.41. The number of nitrogens with zero attached hydrogens (tertiary/aromatic N) is 1. The zero-order valence-corrected chi connectivity index (χ0v) is 11.4. The van der Waals surface area contributed by atoms with Gasteiger partial charge >= 0.3 is 5.97 Å². The zero-order valence-electron chi connectivity index (χ0n) is 11.4. The van der Waals surface area contributed by atoms with Gasteiger partial charge in [0.2, 0.25) is 5.91 Å². The van der Waals surface area contributed by atoms with Crippen LogP contribution in [0.1, 0.15) is 19.3 Å². The molecule has 1 aliphatic heterocycles. The second kappa shape index (κ2) is 6.93. The maximum absolute atomic E-state index is 12.0. The van der Waals surface area contributed by atoms with E-state index in [9.17, 15) is 9.59 Å². The van der Waals surface area contributed by atoms with Crippen molar-refractivity contribution in [1.82, 2.24) is 4.90 Å².